The van der Waals surface area contributed by atoms with E-state index in [-0.39, 0.29) is 6.42 Å². The lowest BCUT2D eigenvalue weighted by Gasteiger charge is -2.27. The van der Waals surface area contributed by atoms with Crippen LogP contribution >= 0.6 is 0 Å². The van der Waals surface area contributed by atoms with Gasteiger partial charge in [-0.25, -0.2) is 13.6 Å². The predicted molar refractivity (Wildman–Crippen MR) is 128 cm³/mol. The van der Waals surface area contributed by atoms with Crippen LogP contribution in [0.4, 0.5) is 8.78 Å². The third-order valence-corrected chi connectivity index (χ3v) is 6.62. The van der Waals surface area contributed by atoms with Gasteiger partial charge in [-0.1, -0.05) is 36.4 Å². The van der Waals surface area contributed by atoms with Crippen molar-refractivity contribution in [2.24, 2.45) is 0 Å². The number of carboxylic acid groups (broad SMARTS) is 1. The van der Waals surface area contributed by atoms with E-state index in [4.69, 9.17) is 9.47 Å². The molecule has 2 N–H and O–H groups in total. The summed E-state index contributed by atoms with van der Waals surface area (Å²) in [6.45, 7) is 1.18. The Morgan fingerprint density at radius 1 is 0.889 bits per heavy atom. The molecule has 2 heterocycles. The second-order valence-corrected chi connectivity index (χ2v) is 8.94. The number of carboxylic acids is 1. The normalized spacial score (nSPS) is 15.1. The molecule has 1 amide bonds. The summed E-state index contributed by atoms with van der Waals surface area (Å²) in [7, 11) is 0. The summed E-state index contributed by atoms with van der Waals surface area (Å²) in [5, 5.41) is 12.1. The molecule has 0 unspecified atom stereocenters. The van der Waals surface area contributed by atoms with Crippen LogP contribution in [0, 0.1) is 11.6 Å². The fourth-order valence-corrected chi connectivity index (χ4v) is 4.90. The number of benzene rings is 3. The van der Waals surface area contributed by atoms with Crippen LogP contribution < -0.4 is 14.8 Å². The maximum atomic E-state index is 14.1. The lowest BCUT2D eigenvalue weighted by molar-refractivity contribution is -0.139. The Labute approximate surface area is 206 Å². The largest absolute Gasteiger partial charge is 0.493 e. The minimum absolute atomic E-state index is 0.0630. The van der Waals surface area contributed by atoms with Gasteiger partial charge in [-0.2, -0.15) is 0 Å². The molecule has 0 radical (unpaired) electrons. The molecule has 186 valence electrons. The number of fused-ring (bicyclic) bond motifs is 2. The third-order valence-electron chi connectivity index (χ3n) is 6.62. The molecule has 0 bridgehead atoms. The highest BCUT2D eigenvalue weighted by Crippen LogP contribution is 2.44. The number of halogens is 2. The van der Waals surface area contributed by atoms with Crippen LogP contribution in [-0.4, -0.2) is 36.2 Å². The van der Waals surface area contributed by atoms with Crippen LogP contribution in [0.5, 0.6) is 11.5 Å². The van der Waals surface area contributed by atoms with Gasteiger partial charge in [-0.15, -0.1) is 0 Å². The second-order valence-electron chi connectivity index (χ2n) is 8.94. The first-order chi connectivity index (χ1) is 17.4. The van der Waals surface area contributed by atoms with Gasteiger partial charge < -0.3 is 19.9 Å². The number of hydrogen-bond donors (Lipinski definition) is 2. The molecule has 5 rings (SSSR count). The van der Waals surface area contributed by atoms with E-state index in [0.717, 1.165) is 65.5 Å². The predicted octanol–water partition coefficient (Wildman–Crippen LogP) is 4.71. The van der Waals surface area contributed by atoms with Crippen LogP contribution in [0.25, 0.3) is 11.1 Å². The average Bonchev–Trinajstić information content (AvgIpc) is 2.88. The summed E-state index contributed by atoms with van der Waals surface area (Å²) in [5.74, 6) is -3.01. The molecule has 2 aliphatic rings. The van der Waals surface area contributed by atoms with Crippen molar-refractivity contribution in [3.63, 3.8) is 0 Å². The van der Waals surface area contributed by atoms with E-state index in [1.807, 2.05) is 24.3 Å². The van der Waals surface area contributed by atoms with Gasteiger partial charge in [0.05, 0.1) is 13.2 Å². The van der Waals surface area contributed by atoms with Gasteiger partial charge in [-0.05, 0) is 54.5 Å². The number of nitrogens with one attached hydrogen (secondary N) is 1. The first-order valence-electron chi connectivity index (χ1n) is 11.9. The minimum atomic E-state index is -1.39. The monoisotopic (exact) mass is 493 g/mol. The molecular weight excluding hydrogens is 468 g/mol. The molecule has 0 aliphatic carbocycles. The van der Waals surface area contributed by atoms with Crippen LogP contribution in [0.2, 0.25) is 0 Å². The molecule has 0 saturated heterocycles. The standard InChI is InChI=1S/C28H25F2NO5/c29-21-9-2-10-22(30)24(21)27(32)31-23(28(33)34)15-17-11-12-20(26-18(17)8-4-14-36-26)19-7-1-5-16-6-3-13-35-25(16)19/h1-2,5,7,9-12,23H,3-4,6,8,13-15H2,(H,31,32)(H,33,34)/t23-/m0/s1. The summed E-state index contributed by atoms with van der Waals surface area (Å²) in [5.41, 5.74) is 3.69. The zero-order chi connectivity index (χ0) is 25.2. The number of aliphatic carboxylic acids is 1. The molecule has 6 nitrogen and oxygen atoms in total. The van der Waals surface area contributed by atoms with Crippen molar-refractivity contribution < 1.29 is 33.0 Å². The Morgan fingerprint density at radius 2 is 1.56 bits per heavy atom. The quantitative estimate of drug-likeness (QED) is 0.520. The van der Waals surface area contributed by atoms with E-state index < -0.39 is 35.1 Å². The number of aryl methyl sites for hydroxylation is 1. The zero-order valence-corrected chi connectivity index (χ0v) is 19.5. The molecule has 3 aromatic carbocycles. The Bertz CT molecular complexity index is 1320. The molecule has 36 heavy (non-hydrogen) atoms. The molecule has 8 heteroatoms. The number of carbonyl (C=O) groups is 2. The molecule has 0 saturated carbocycles. The molecule has 0 fully saturated rings. The molecule has 1 atom stereocenters. The van der Waals surface area contributed by atoms with E-state index in [1.54, 1.807) is 0 Å². The number of ether oxygens (including phenoxy) is 2. The average molecular weight is 494 g/mol. The lowest BCUT2D eigenvalue weighted by atomic mass is 9.89. The highest BCUT2D eigenvalue weighted by atomic mass is 19.1. The maximum Gasteiger partial charge on any atom is 0.326 e. The zero-order valence-electron chi connectivity index (χ0n) is 19.5. The molecular formula is C28H25F2NO5. The van der Waals surface area contributed by atoms with Crippen molar-refractivity contribution in [3.8, 4) is 22.6 Å². The third kappa shape index (κ3) is 4.51. The smallest absolute Gasteiger partial charge is 0.326 e. The van der Waals surface area contributed by atoms with Gasteiger partial charge in [0, 0.05) is 17.5 Å². The van der Waals surface area contributed by atoms with Gasteiger partial charge in [0.25, 0.3) is 5.91 Å². The van der Waals surface area contributed by atoms with Crippen molar-refractivity contribution in [2.75, 3.05) is 13.2 Å². The number of amides is 1. The van der Waals surface area contributed by atoms with E-state index >= 15 is 0 Å². The summed E-state index contributed by atoms with van der Waals surface area (Å²) < 4.78 is 40.2. The van der Waals surface area contributed by atoms with Crippen molar-refractivity contribution in [2.45, 2.75) is 38.1 Å². The number of rotatable bonds is 6. The maximum absolute atomic E-state index is 14.1. The van der Waals surface area contributed by atoms with Crippen molar-refractivity contribution in [1.82, 2.24) is 5.32 Å². The van der Waals surface area contributed by atoms with Crippen molar-refractivity contribution in [3.05, 3.63) is 82.4 Å². The van der Waals surface area contributed by atoms with Crippen molar-refractivity contribution in [1.29, 1.82) is 0 Å². The lowest BCUT2D eigenvalue weighted by Crippen LogP contribution is -2.43. The van der Waals surface area contributed by atoms with Gasteiger partial charge in [0.1, 0.15) is 34.7 Å². The topological polar surface area (TPSA) is 84.9 Å². The minimum Gasteiger partial charge on any atom is -0.493 e. The van der Waals surface area contributed by atoms with E-state index in [1.165, 1.54) is 0 Å². The first kappa shape index (κ1) is 23.8. The van der Waals surface area contributed by atoms with Crippen LogP contribution in [-0.2, 0) is 24.1 Å². The highest BCUT2D eigenvalue weighted by molar-refractivity contribution is 5.97. The van der Waals surface area contributed by atoms with Crippen LogP contribution in [0.15, 0.2) is 48.5 Å². The highest BCUT2D eigenvalue weighted by Gasteiger charge is 2.28. The van der Waals surface area contributed by atoms with Gasteiger partial charge in [-0.3, -0.25) is 4.79 Å². The number of carbonyl (C=O) groups excluding carboxylic acids is 1. The van der Waals surface area contributed by atoms with Gasteiger partial charge in [0.15, 0.2) is 0 Å². The molecule has 3 aromatic rings. The molecule has 2 aliphatic heterocycles. The fraction of sp³-hybridized carbons (Fsp3) is 0.286. The number of hydrogen-bond acceptors (Lipinski definition) is 4. The van der Waals surface area contributed by atoms with Crippen molar-refractivity contribution >= 4 is 11.9 Å². The Kier molecular flexibility index (Phi) is 6.59. The van der Waals surface area contributed by atoms with Crippen LogP contribution in [0.1, 0.15) is 39.9 Å². The Balaban J connectivity index is 1.48. The Hall–Kier alpha value is -3.94. The Morgan fingerprint density at radius 3 is 2.31 bits per heavy atom. The molecule has 0 aromatic heterocycles. The summed E-state index contributed by atoms with van der Waals surface area (Å²) in [6.07, 6.45) is 3.27. The molecule has 0 spiro atoms. The van der Waals surface area contributed by atoms with Gasteiger partial charge >= 0.3 is 5.97 Å². The number of para-hydroxylation sites is 1. The first-order valence-corrected chi connectivity index (χ1v) is 11.9. The van der Waals surface area contributed by atoms with Crippen LogP contribution in [0.3, 0.4) is 0 Å². The SMILES string of the molecule is O=C(N[C@@H](Cc1ccc(-c2cccc3c2OCCC3)c2c1CCCO2)C(=O)O)c1c(F)cccc1F. The second kappa shape index (κ2) is 9.97. The summed E-state index contributed by atoms with van der Waals surface area (Å²) >= 11 is 0. The summed E-state index contributed by atoms with van der Waals surface area (Å²) in [6, 6.07) is 11.4. The fourth-order valence-electron chi connectivity index (χ4n) is 4.90. The van der Waals surface area contributed by atoms with E-state index in [9.17, 15) is 23.5 Å². The van der Waals surface area contributed by atoms with Gasteiger partial charge in [0.2, 0.25) is 0 Å². The summed E-state index contributed by atoms with van der Waals surface area (Å²) in [4.78, 5) is 24.6. The van der Waals surface area contributed by atoms with E-state index in [0.29, 0.717) is 30.9 Å². The van der Waals surface area contributed by atoms with E-state index in [2.05, 4.69) is 11.4 Å².